The van der Waals surface area contributed by atoms with Crippen molar-refractivity contribution in [3.63, 3.8) is 0 Å². The highest BCUT2D eigenvalue weighted by Gasteiger charge is 2.36. The van der Waals surface area contributed by atoms with Gasteiger partial charge in [-0.3, -0.25) is 9.78 Å². The molecule has 6 nitrogen and oxygen atoms in total. The summed E-state index contributed by atoms with van der Waals surface area (Å²) in [6.07, 6.45) is 6.15. The molecule has 5 rings (SSSR count). The number of piperidine rings is 2. The summed E-state index contributed by atoms with van der Waals surface area (Å²) in [5.74, 6) is -0.125. The first-order chi connectivity index (χ1) is 18.1. The van der Waals surface area contributed by atoms with E-state index in [4.69, 9.17) is 25.1 Å². The summed E-state index contributed by atoms with van der Waals surface area (Å²) in [5, 5.41) is 0.674. The molecule has 2 unspecified atom stereocenters. The zero-order valence-electron chi connectivity index (χ0n) is 21.9. The molecule has 3 heterocycles. The molecular formula is C27H31Br2ClN4O2. The third kappa shape index (κ3) is 5.46. The van der Waals surface area contributed by atoms with Crippen LogP contribution in [0, 0.1) is 11.8 Å². The largest absolute Gasteiger partial charge is 0.351 e. The summed E-state index contributed by atoms with van der Waals surface area (Å²) < 4.78 is 19.7. The van der Waals surface area contributed by atoms with E-state index in [2.05, 4.69) is 37.9 Å². The van der Waals surface area contributed by atoms with Gasteiger partial charge >= 0.3 is 6.03 Å². The fourth-order valence-electron chi connectivity index (χ4n) is 5.88. The van der Waals surface area contributed by atoms with Gasteiger partial charge in [0.25, 0.3) is 0 Å². The molecule has 2 aromatic rings. The van der Waals surface area contributed by atoms with Crippen LogP contribution in [-0.4, -0.2) is 52.9 Å². The van der Waals surface area contributed by atoms with Gasteiger partial charge in [-0.1, -0.05) is 27.5 Å². The number of hydrogen-bond donors (Lipinski definition) is 1. The smallest absolute Gasteiger partial charge is 0.314 e. The number of benzene rings is 1. The highest BCUT2D eigenvalue weighted by molar-refractivity contribution is 9.10. The Hall–Kier alpha value is -1.64. The lowest BCUT2D eigenvalue weighted by Gasteiger charge is -2.38. The summed E-state index contributed by atoms with van der Waals surface area (Å²) in [7, 11) is 0. The van der Waals surface area contributed by atoms with Crippen molar-refractivity contribution in [3.05, 3.63) is 60.7 Å². The van der Waals surface area contributed by atoms with E-state index < -0.39 is 19.1 Å². The van der Waals surface area contributed by atoms with E-state index in [0.29, 0.717) is 50.2 Å². The van der Waals surface area contributed by atoms with E-state index in [-0.39, 0.29) is 23.7 Å². The SMILES string of the molecule is [3H]C1CC([C@H]2c3ncc(Br)cc3CCc3cc(Cl)cc(Br)c32)CC([3H])N1C(=O)CC1CCN(C(N)=O)CC1. The van der Waals surface area contributed by atoms with Crippen LogP contribution in [0.5, 0.6) is 0 Å². The van der Waals surface area contributed by atoms with Crippen molar-refractivity contribution in [1.82, 2.24) is 14.8 Å². The third-order valence-electron chi connectivity index (χ3n) is 7.78. The van der Waals surface area contributed by atoms with Gasteiger partial charge < -0.3 is 15.5 Å². The Balaban J connectivity index is 1.38. The van der Waals surface area contributed by atoms with Gasteiger partial charge in [0, 0.05) is 61.4 Å². The zero-order valence-corrected chi connectivity index (χ0v) is 23.9. The molecule has 1 aromatic heterocycles. The summed E-state index contributed by atoms with van der Waals surface area (Å²) >= 11 is 13.8. The first kappa shape index (κ1) is 23.5. The molecule has 3 amide bonds. The Bertz CT molecular complexity index is 1230. The molecule has 9 heteroatoms. The van der Waals surface area contributed by atoms with Gasteiger partial charge in [-0.25, -0.2) is 4.79 Å². The molecule has 2 saturated heterocycles. The molecule has 0 spiro atoms. The van der Waals surface area contributed by atoms with Crippen LogP contribution in [0.15, 0.2) is 33.3 Å². The fraction of sp³-hybridized carbons (Fsp3) is 0.519. The van der Waals surface area contributed by atoms with Crippen LogP contribution in [0.3, 0.4) is 0 Å². The lowest BCUT2D eigenvalue weighted by molar-refractivity contribution is -0.134. The van der Waals surface area contributed by atoms with Crippen LogP contribution in [0.2, 0.25) is 5.02 Å². The van der Waals surface area contributed by atoms with Gasteiger partial charge in [-0.15, -0.1) is 0 Å². The average molecular weight is 643 g/mol. The maximum absolute atomic E-state index is 13.3. The van der Waals surface area contributed by atoms with Crippen LogP contribution in [0.4, 0.5) is 4.79 Å². The number of hydrogen-bond acceptors (Lipinski definition) is 3. The Kier molecular flexibility index (Phi) is 7.17. The second-order valence-electron chi connectivity index (χ2n) is 10.0. The van der Waals surface area contributed by atoms with Gasteiger partial charge in [-0.2, -0.15) is 0 Å². The first-order valence-electron chi connectivity index (χ1n) is 13.6. The molecule has 2 fully saturated rings. The van der Waals surface area contributed by atoms with Crippen LogP contribution in [0.25, 0.3) is 0 Å². The number of likely N-dealkylation sites (tertiary alicyclic amines) is 2. The van der Waals surface area contributed by atoms with Crippen molar-refractivity contribution >= 4 is 55.4 Å². The van der Waals surface area contributed by atoms with E-state index in [1.807, 2.05) is 18.3 Å². The van der Waals surface area contributed by atoms with Crippen LogP contribution in [-0.2, 0) is 17.6 Å². The number of carbonyl (C=O) groups excluding carboxylic acids is 2. The Labute approximate surface area is 237 Å². The molecule has 0 bridgehead atoms. The molecule has 0 radical (unpaired) electrons. The number of halogens is 3. The van der Waals surface area contributed by atoms with E-state index in [9.17, 15) is 9.59 Å². The predicted molar refractivity (Wildman–Crippen MR) is 148 cm³/mol. The third-order valence-corrected chi connectivity index (χ3v) is 9.08. The van der Waals surface area contributed by atoms with Crippen molar-refractivity contribution in [2.45, 2.75) is 50.9 Å². The molecule has 192 valence electrons. The second-order valence-corrected chi connectivity index (χ2v) is 12.2. The number of nitrogens with two attached hydrogens (primary N) is 1. The maximum atomic E-state index is 13.3. The van der Waals surface area contributed by atoms with Crippen molar-refractivity contribution in [1.29, 1.82) is 0 Å². The highest BCUT2D eigenvalue weighted by Crippen LogP contribution is 2.46. The molecular weight excluding hydrogens is 608 g/mol. The highest BCUT2D eigenvalue weighted by atomic mass is 79.9. The van der Waals surface area contributed by atoms with Crippen LogP contribution < -0.4 is 5.73 Å². The summed E-state index contributed by atoms with van der Waals surface area (Å²) in [6, 6.07) is 5.63. The zero-order chi connectivity index (χ0) is 27.1. The van der Waals surface area contributed by atoms with Crippen LogP contribution in [0.1, 0.15) is 63.1 Å². The molecule has 2 aliphatic heterocycles. The minimum absolute atomic E-state index is 0.0235. The fourth-order valence-corrected chi connectivity index (χ4v) is 7.38. The Morgan fingerprint density at radius 2 is 1.75 bits per heavy atom. The molecule has 1 aliphatic carbocycles. The minimum atomic E-state index is -0.800. The number of pyridine rings is 1. The average Bonchev–Trinajstić information content (AvgIpc) is 3.00. The van der Waals surface area contributed by atoms with Gasteiger partial charge in [0.05, 0.1) is 5.69 Å². The lowest BCUT2D eigenvalue weighted by Crippen LogP contribution is -2.44. The summed E-state index contributed by atoms with van der Waals surface area (Å²) in [4.78, 5) is 32.6. The lowest BCUT2D eigenvalue weighted by atomic mass is 9.76. The maximum Gasteiger partial charge on any atom is 0.314 e. The van der Waals surface area contributed by atoms with E-state index in [1.54, 1.807) is 4.90 Å². The summed E-state index contributed by atoms with van der Waals surface area (Å²) in [5.41, 5.74) is 9.82. The van der Waals surface area contributed by atoms with E-state index >= 15 is 0 Å². The van der Waals surface area contributed by atoms with Gasteiger partial charge in [0.15, 0.2) is 0 Å². The standard InChI is InChI=1S/C27H31Br2ClN4O2/c28-20-12-19-2-1-18-13-21(30)14-22(29)24(18)25(26(19)32-15-20)17-5-9-33(10-6-17)23(35)11-16-3-7-34(8-4-16)27(31)36/h12-17,25H,1-11H2,(H2,31,36)/t25-/m1/s1/i9T,10T/t9?,10?,17?,25-. The monoisotopic (exact) mass is 640 g/mol. The first-order valence-corrected chi connectivity index (χ1v) is 14.4. The van der Waals surface area contributed by atoms with Crippen molar-refractivity contribution < 1.29 is 12.3 Å². The molecule has 0 saturated carbocycles. The molecule has 36 heavy (non-hydrogen) atoms. The number of fused-ring (bicyclic) bond motifs is 2. The second kappa shape index (κ2) is 11.0. The van der Waals surface area contributed by atoms with Gasteiger partial charge in [0.2, 0.25) is 5.91 Å². The number of amides is 3. The normalized spacial score (nSPS) is 27.4. The van der Waals surface area contributed by atoms with E-state index in [1.165, 1.54) is 4.90 Å². The van der Waals surface area contributed by atoms with Crippen molar-refractivity contribution in [3.8, 4) is 0 Å². The number of carbonyl (C=O) groups is 2. The molecule has 3 aliphatic rings. The van der Waals surface area contributed by atoms with E-state index in [0.717, 1.165) is 44.2 Å². The number of rotatable bonds is 3. The van der Waals surface area contributed by atoms with Crippen LogP contribution >= 0.6 is 43.5 Å². The number of primary amides is 1. The van der Waals surface area contributed by atoms with Gasteiger partial charge in [-0.05, 0) is 101 Å². The Morgan fingerprint density at radius 1 is 1.06 bits per heavy atom. The number of aromatic nitrogens is 1. The molecule has 1 aromatic carbocycles. The molecule has 2 N–H and O–H groups in total. The quantitative estimate of drug-likeness (QED) is 0.452. The number of aryl methyl sites for hydroxylation is 2. The summed E-state index contributed by atoms with van der Waals surface area (Å²) in [6.45, 7) is -0.504. The predicted octanol–water partition coefficient (Wildman–Crippen LogP) is 5.91. The van der Waals surface area contributed by atoms with Crippen molar-refractivity contribution in [2.75, 3.05) is 26.1 Å². The topological polar surface area (TPSA) is 79.5 Å². The number of urea groups is 1. The Morgan fingerprint density at radius 3 is 2.44 bits per heavy atom. The molecule has 3 atom stereocenters. The number of nitrogens with zero attached hydrogens (tertiary/aromatic N) is 3. The van der Waals surface area contributed by atoms with Crippen molar-refractivity contribution in [2.24, 2.45) is 17.6 Å². The van der Waals surface area contributed by atoms with Gasteiger partial charge in [0.1, 0.15) is 0 Å². The minimum Gasteiger partial charge on any atom is -0.351 e.